The fourth-order valence-electron chi connectivity index (χ4n) is 2.26. The molecule has 6 N–H and O–H groups in total. The SMILES string of the molecule is CC(=O)N[C@H]1[C@@H]([C@@H](O)[C@@H](O)CN=[N+]=[N-])O[C@@](O)(C(=O)O)C[C@H]1O. The van der Waals surface area contributed by atoms with Crippen LogP contribution < -0.4 is 5.32 Å². The number of aliphatic carboxylic acids is 1. The van der Waals surface area contributed by atoms with Crippen LogP contribution in [0.4, 0.5) is 0 Å². The van der Waals surface area contributed by atoms with Crippen molar-refractivity contribution in [2.45, 2.75) is 49.6 Å². The number of hydrogen-bond acceptors (Lipinski definition) is 8. The molecule has 0 aromatic rings. The van der Waals surface area contributed by atoms with Crippen LogP contribution in [0.1, 0.15) is 13.3 Å². The van der Waals surface area contributed by atoms with Crippen molar-refractivity contribution >= 4 is 11.9 Å². The maximum Gasteiger partial charge on any atom is 0.364 e. The van der Waals surface area contributed by atoms with Crippen molar-refractivity contribution in [3.05, 3.63) is 10.4 Å². The molecule has 1 aliphatic heterocycles. The largest absolute Gasteiger partial charge is 0.477 e. The van der Waals surface area contributed by atoms with E-state index in [0.717, 1.165) is 6.92 Å². The zero-order valence-corrected chi connectivity index (χ0v) is 12.1. The summed E-state index contributed by atoms with van der Waals surface area (Å²) < 4.78 is 4.92. The van der Waals surface area contributed by atoms with E-state index in [1.54, 1.807) is 0 Å². The molecule has 0 unspecified atom stereocenters. The van der Waals surface area contributed by atoms with Crippen LogP contribution in [0.25, 0.3) is 10.4 Å². The monoisotopic (exact) mass is 334 g/mol. The van der Waals surface area contributed by atoms with E-state index in [1.807, 2.05) is 0 Å². The van der Waals surface area contributed by atoms with Crippen molar-refractivity contribution in [1.82, 2.24) is 5.32 Å². The number of aliphatic hydroxyl groups is 4. The van der Waals surface area contributed by atoms with Gasteiger partial charge in [0, 0.05) is 18.3 Å². The van der Waals surface area contributed by atoms with Crippen LogP contribution in [-0.4, -0.2) is 80.2 Å². The summed E-state index contributed by atoms with van der Waals surface area (Å²) in [7, 11) is 0. The first kappa shape index (κ1) is 19.1. The minimum Gasteiger partial charge on any atom is -0.477 e. The molecule has 1 fully saturated rings. The van der Waals surface area contributed by atoms with Gasteiger partial charge >= 0.3 is 5.97 Å². The molecule has 23 heavy (non-hydrogen) atoms. The molecular formula is C11H18N4O8. The van der Waals surface area contributed by atoms with E-state index in [9.17, 15) is 30.0 Å². The van der Waals surface area contributed by atoms with Crippen molar-refractivity contribution in [3.8, 4) is 0 Å². The Morgan fingerprint density at radius 2 is 2.13 bits per heavy atom. The van der Waals surface area contributed by atoms with Gasteiger partial charge in [-0.2, -0.15) is 0 Å². The third kappa shape index (κ3) is 4.51. The zero-order valence-electron chi connectivity index (χ0n) is 12.1. The fraction of sp³-hybridized carbons (Fsp3) is 0.818. The van der Waals surface area contributed by atoms with E-state index < -0.39 is 61.1 Å². The van der Waals surface area contributed by atoms with Crippen molar-refractivity contribution < 1.29 is 39.9 Å². The number of carbonyl (C=O) groups is 2. The van der Waals surface area contributed by atoms with Gasteiger partial charge in [0.25, 0.3) is 5.79 Å². The van der Waals surface area contributed by atoms with Gasteiger partial charge in [0.05, 0.1) is 24.8 Å². The Labute approximate surface area is 129 Å². The van der Waals surface area contributed by atoms with Gasteiger partial charge in [0.2, 0.25) is 5.91 Å². The Balaban J connectivity index is 3.08. The molecule has 0 spiro atoms. The van der Waals surface area contributed by atoms with Gasteiger partial charge in [-0.25, -0.2) is 4.79 Å². The number of azide groups is 1. The van der Waals surface area contributed by atoms with Gasteiger partial charge in [-0.3, -0.25) is 4.79 Å². The molecule has 0 radical (unpaired) electrons. The van der Waals surface area contributed by atoms with Gasteiger partial charge in [0.15, 0.2) is 0 Å². The first-order valence-electron chi connectivity index (χ1n) is 6.58. The summed E-state index contributed by atoms with van der Waals surface area (Å²) in [6.45, 7) is 0.552. The molecule has 1 amide bonds. The summed E-state index contributed by atoms with van der Waals surface area (Å²) in [5.41, 5.74) is 8.20. The first-order valence-corrected chi connectivity index (χ1v) is 6.58. The lowest BCUT2D eigenvalue weighted by molar-refractivity contribution is -0.294. The van der Waals surface area contributed by atoms with E-state index in [-0.39, 0.29) is 0 Å². The second-order valence-electron chi connectivity index (χ2n) is 5.14. The Hall–Kier alpha value is -1.95. The normalized spacial score (nSPS) is 33.2. The van der Waals surface area contributed by atoms with Crippen LogP contribution in [-0.2, 0) is 14.3 Å². The molecule has 130 valence electrons. The van der Waals surface area contributed by atoms with Crippen LogP contribution in [0.15, 0.2) is 5.11 Å². The van der Waals surface area contributed by atoms with Crippen LogP contribution in [0.2, 0.25) is 0 Å². The zero-order chi connectivity index (χ0) is 17.8. The molecule has 1 saturated heterocycles. The van der Waals surface area contributed by atoms with E-state index >= 15 is 0 Å². The van der Waals surface area contributed by atoms with Gasteiger partial charge in [-0.1, -0.05) is 5.11 Å². The van der Waals surface area contributed by atoms with E-state index in [1.165, 1.54) is 0 Å². The molecule has 12 heteroatoms. The molecule has 0 aliphatic carbocycles. The Bertz CT molecular complexity index is 510. The maximum absolute atomic E-state index is 11.2. The standard InChI is InChI=1S/C11H18N4O8/c1-4(16)14-7-5(17)2-11(22,10(20)21)23-9(7)8(19)6(18)3-13-15-12/h5-9,17-19,22H,2-3H2,1H3,(H,14,16)(H,20,21)/t5-,6+,7-,8+,9+,11-/m1/s1. The van der Waals surface area contributed by atoms with E-state index in [0.29, 0.717) is 0 Å². The lowest BCUT2D eigenvalue weighted by Crippen LogP contribution is -2.67. The van der Waals surface area contributed by atoms with Crippen LogP contribution >= 0.6 is 0 Å². The number of ether oxygens (including phenoxy) is 1. The van der Waals surface area contributed by atoms with Crippen molar-refractivity contribution in [2.24, 2.45) is 5.11 Å². The average molecular weight is 334 g/mol. The first-order chi connectivity index (χ1) is 10.6. The Morgan fingerprint density at radius 3 is 2.61 bits per heavy atom. The summed E-state index contributed by atoms with van der Waals surface area (Å²) >= 11 is 0. The number of carboxylic acids is 1. The maximum atomic E-state index is 11.2. The summed E-state index contributed by atoms with van der Waals surface area (Å²) in [4.78, 5) is 24.7. The van der Waals surface area contributed by atoms with Gasteiger partial charge in [0.1, 0.15) is 12.2 Å². The highest BCUT2D eigenvalue weighted by Crippen LogP contribution is 2.30. The van der Waals surface area contributed by atoms with Crippen molar-refractivity contribution in [3.63, 3.8) is 0 Å². The number of nitrogens with zero attached hydrogens (tertiary/aromatic N) is 3. The topological polar surface area (TPSA) is 205 Å². The second kappa shape index (κ2) is 7.55. The molecule has 1 aliphatic rings. The third-order valence-electron chi connectivity index (χ3n) is 3.35. The summed E-state index contributed by atoms with van der Waals surface area (Å²) in [6.07, 6.45) is -7.51. The summed E-state index contributed by atoms with van der Waals surface area (Å²) in [5, 5.41) is 53.9. The number of carboxylic acid groups (broad SMARTS) is 1. The van der Waals surface area contributed by atoms with Gasteiger partial charge in [-0.15, -0.1) is 0 Å². The number of aliphatic hydroxyl groups excluding tert-OH is 3. The van der Waals surface area contributed by atoms with Crippen LogP contribution in [0, 0.1) is 0 Å². The molecule has 1 heterocycles. The predicted octanol–water partition coefficient (Wildman–Crippen LogP) is -2.55. The Morgan fingerprint density at radius 1 is 1.52 bits per heavy atom. The predicted molar refractivity (Wildman–Crippen MR) is 71.7 cm³/mol. The molecule has 0 saturated carbocycles. The van der Waals surface area contributed by atoms with Crippen molar-refractivity contribution in [1.29, 1.82) is 0 Å². The lowest BCUT2D eigenvalue weighted by atomic mass is 9.88. The highest BCUT2D eigenvalue weighted by atomic mass is 16.7. The minimum absolute atomic E-state index is 0.564. The molecule has 0 aromatic heterocycles. The van der Waals surface area contributed by atoms with Crippen LogP contribution in [0.5, 0.6) is 0 Å². The average Bonchev–Trinajstić information content (AvgIpc) is 2.46. The van der Waals surface area contributed by atoms with Crippen molar-refractivity contribution in [2.75, 3.05) is 6.54 Å². The molecule has 0 aromatic carbocycles. The number of rotatable bonds is 6. The highest BCUT2D eigenvalue weighted by Gasteiger charge is 2.53. The quantitative estimate of drug-likeness (QED) is 0.173. The number of amides is 1. The highest BCUT2D eigenvalue weighted by molar-refractivity contribution is 5.76. The molecular weight excluding hydrogens is 316 g/mol. The fourth-order valence-corrected chi connectivity index (χ4v) is 2.26. The van der Waals surface area contributed by atoms with E-state index in [2.05, 4.69) is 15.3 Å². The number of carbonyl (C=O) groups excluding carboxylic acids is 1. The molecule has 12 nitrogen and oxygen atoms in total. The second-order valence-corrected chi connectivity index (χ2v) is 5.14. The summed E-state index contributed by atoms with van der Waals surface area (Å²) in [6, 6.07) is -1.29. The van der Waals surface area contributed by atoms with Gasteiger partial charge < -0.3 is 35.6 Å². The summed E-state index contributed by atoms with van der Waals surface area (Å²) in [5.74, 6) is -5.22. The van der Waals surface area contributed by atoms with E-state index in [4.69, 9.17) is 15.4 Å². The lowest BCUT2D eigenvalue weighted by Gasteiger charge is -2.44. The Kier molecular flexibility index (Phi) is 6.27. The molecule has 0 bridgehead atoms. The molecule has 1 rings (SSSR count). The molecule has 6 atom stereocenters. The smallest absolute Gasteiger partial charge is 0.364 e. The number of nitrogens with one attached hydrogen (secondary N) is 1. The number of hydrogen-bond donors (Lipinski definition) is 6. The third-order valence-corrected chi connectivity index (χ3v) is 3.35. The van der Waals surface area contributed by atoms with Crippen LogP contribution in [0.3, 0.4) is 0 Å². The van der Waals surface area contributed by atoms with Gasteiger partial charge in [-0.05, 0) is 5.53 Å². The minimum atomic E-state index is -2.81.